The van der Waals surface area contributed by atoms with Crippen molar-refractivity contribution in [3.05, 3.63) is 53.3 Å². The van der Waals surface area contributed by atoms with E-state index in [0.717, 1.165) is 36.9 Å². The molecule has 0 aliphatic heterocycles. The van der Waals surface area contributed by atoms with Crippen LogP contribution in [0.1, 0.15) is 67.1 Å². The fourth-order valence-corrected chi connectivity index (χ4v) is 5.25. The van der Waals surface area contributed by atoms with Crippen LogP contribution >= 0.6 is 0 Å². The second-order valence-electron chi connectivity index (χ2n) is 8.58. The van der Waals surface area contributed by atoms with Crippen molar-refractivity contribution in [3.63, 3.8) is 0 Å². The maximum atomic E-state index is 13.2. The van der Waals surface area contributed by atoms with E-state index in [2.05, 4.69) is 29.5 Å². The molecule has 1 heterocycles. The molecule has 2 atom stereocenters. The summed E-state index contributed by atoms with van der Waals surface area (Å²) in [5.41, 5.74) is 9.23. The minimum absolute atomic E-state index is 0.0418. The summed E-state index contributed by atoms with van der Waals surface area (Å²) < 4.78 is 1.99. The molecule has 1 aromatic heterocycles. The molecule has 3 N–H and O–H groups in total. The number of fused-ring (bicyclic) bond motifs is 2. The number of nitrogens with zero attached hydrogens (tertiary/aromatic N) is 2. The SMILES string of the molecule is CCCc1c(C(=O)NC2C3CCCC2CC(N)C3)cnn1Cc1ccccc1. The predicted molar refractivity (Wildman–Crippen MR) is 111 cm³/mol. The lowest BCUT2D eigenvalue weighted by Crippen LogP contribution is -2.53. The number of hydrogen-bond acceptors (Lipinski definition) is 3. The molecular weight excluding hydrogens is 348 g/mol. The van der Waals surface area contributed by atoms with Gasteiger partial charge in [0.05, 0.1) is 24.0 Å². The molecule has 2 saturated carbocycles. The van der Waals surface area contributed by atoms with E-state index in [1.807, 2.05) is 22.9 Å². The Balaban J connectivity index is 1.52. The van der Waals surface area contributed by atoms with Crippen molar-refractivity contribution in [3.8, 4) is 0 Å². The third kappa shape index (κ3) is 4.00. The zero-order chi connectivity index (χ0) is 19.5. The minimum Gasteiger partial charge on any atom is -0.349 e. The first-order valence-corrected chi connectivity index (χ1v) is 10.8. The number of carbonyl (C=O) groups excluding carboxylic acids is 1. The maximum absolute atomic E-state index is 13.2. The van der Waals surface area contributed by atoms with Gasteiger partial charge in [-0.25, -0.2) is 0 Å². The molecule has 2 aliphatic rings. The lowest BCUT2D eigenvalue weighted by molar-refractivity contribution is 0.0755. The van der Waals surface area contributed by atoms with Crippen molar-refractivity contribution < 1.29 is 4.79 Å². The highest BCUT2D eigenvalue weighted by Gasteiger charge is 2.40. The van der Waals surface area contributed by atoms with Gasteiger partial charge in [0.25, 0.3) is 5.91 Å². The molecule has 5 nitrogen and oxygen atoms in total. The molecule has 2 fully saturated rings. The maximum Gasteiger partial charge on any atom is 0.254 e. The van der Waals surface area contributed by atoms with Gasteiger partial charge >= 0.3 is 0 Å². The largest absolute Gasteiger partial charge is 0.349 e. The molecule has 2 unspecified atom stereocenters. The Labute approximate surface area is 167 Å². The first-order chi connectivity index (χ1) is 13.7. The van der Waals surface area contributed by atoms with Crippen LogP contribution in [0.2, 0.25) is 0 Å². The van der Waals surface area contributed by atoms with Gasteiger partial charge in [-0.1, -0.05) is 50.1 Å². The second-order valence-corrected chi connectivity index (χ2v) is 8.58. The summed E-state index contributed by atoms with van der Waals surface area (Å²) in [6.07, 6.45) is 9.32. The summed E-state index contributed by atoms with van der Waals surface area (Å²) in [6, 6.07) is 10.9. The number of rotatable bonds is 6. The summed E-state index contributed by atoms with van der Waals surface area (Å²) in [4.78, 5) is 13.2. The quantitative estimate of drug-likeness (QED) is 0.805. The molecule has 0 radical (unpaired) electrons. The van der Waals surface area contributed by atoms with E-state index < -0.39 is 0 Å². The number of aromatic nitrogens is 2. The van der Waals surface area contributed by atoms with Crippen LogP contribution in [0.3, 0.4) is 0 Å². The Morgan fingerprint density at radius 2 is 1.93 bits per heavy atom. The molecule has 2 aliphatic carbocycles. The number of nitrogens with one attached hydrogen (secondary N) is 1. The molecule has 1 aromatic carbocycles. The van der Waals surface area contributed by atoms with Gasteiger partial charge in [0, 0.05) is 12.1 Å². The Kier molecular flexibility index (Phi) is 5.81. The summed E-state index contributed by atoms with van der Waals surface area (Å²) in [5, 5.41) is 7.95. The van der Waals surface area contributed by atoms with Gasteiger partial charge in [0.2, 0.25) is 0 Å². The summed E-state index contributed by atoms with van der Waals surface area (Å²) >= 11 is 0. The van der Waals surface area contributed by atoms with Crippen LogP contribution < -0.4 is 11.1 Å². The van der Waals surface area contributed by atoms with E-state index in [4.69, 9.17) is 5.73 Å². The number of hydrogen-bond donors (Lipinski definition) is 2. The third-order valence-electron chi connectivity index (χ3n) is 6.53. The van der Waals surface area contributed by atoms with E-state index >= 15 is 0 Å². The van der Waals surface area contributed by atoms with Crippen molar-refractivity contribution in [2.75, 3.05) is 0 Å². The van der Waals surface area contributed by atoms with E-state index in [1.165, 1.54) is 24.8 Å². The van der Waals surface area contributed by atoms with Crippen LogP contribution in [0.15, 0.2) is 36.5 Å². The molecular formula is C23H32N4O. The Hall–Kier alpha value is -2.14. The molecule has 0 saturated heterocycles. The monoisotopic (exact) mass is 380 g/mol. The number of benzene rings is 1. The molecule has 1 amide bonds. The zero-order valence-electron chi connectivity index (χ0n) is 16.8. The van der Waals surface area contributed by atoms with Crippen LogP contribution in [-0.4, -0.2) is 27.8 Å². The highest BCUT2D eigenvalue weighted by molar-refractivity contribution is 5.95. The average Bonchev–Trinajstić information content (AvgIpc) is 3.06. The van der Waals surface area contributed by atoms with Crippen molar-refractivity contribution in [1.29, 1.82) is 0 Å². The molecule has 28 heavy (non-hydrogen) atoms. The highest BCUT2D eigenvalue weighted by Crippen LogP contribution is 2.39. The van der Waals surface area contributed by atoms with Crippen molar-refractivity contribution in [2.24, 2.45) is 17.6 Å². The van der Waals surface area contributed by atoms with Crippen molar-refractivity contribution in [2.45, 2.75) is 70.5 Å². The van der Waals surface area contributed by atoms with E-state index in [1.54, 1.807) is 6.20 Å². The van der Waals surface area contributed by atoms with Gasteiger partial charge in [0.1, 0.15) is 0 Å². The van der Waals surface area contributed by atoms with Crippen LogP contribution in [-0.2, 0) is 13.0 Å². The normalized spacial score (nSPS) is 26.8. The molecule has 2 aromatic rings. The van der Waals surface area contributed by atoms with Crippen LogP contribution in [0.4, 0.5) is 0 Å². The molecule has 2 bridgehead atoms. The second kappa shape index (κ2) is 8.48. The lowest BCUT2D eigenvalue weighted by atomic mass is 9.67. The first-order valence-electron chi connectivity index (χ1n) is 10.8. The number of carbonyl (C=O) groups is 1. The van der Waals surface area contributed by atoms with Crippen LogP contribution in [0.5, 0.6) is 0 Å². The smallest absolute Gasteiger partial charge is 0.254 e. The van der Waals surface area contributed by atoms with Gasteiger partial charge in [-0.3, -0.25) is 9.48 Å². The molecule has 5 heteroatoms. The van der Waals surface area contributed by atoms with E-state index in [0.29, 0.717) is 24.4 Å². The standard InChI is InChI=1S/C23H32N4O/c1-2-7-21-20(14-25-27(21)15-16-8-4-3-5-9-16)23(28)26-22-17-10-6-11-18(22)13-19(24)12-17/h3-5,8-9,14,17-19,22H,2,6-7,10-13,15,24H2,1H3,(H,26,28). The Morgan fingerprint density at radius 3 is 2.61 bits per heavy atom. The molecule has 0 spiro atoms. The summed E-state index contributed by atoms with van der Waals surface area (Å²) in [5.74, 6) is 1.10. The van der Waals surface area contributed by atoms with Gasteiger partial charge < -0.3 is 11.1 Å². The van der Waals surface area contributed by atoms with Crippen molar-refractivity contribution >= 4 is 5.91 Å². The third-order valence-corrected chi connectivity index (χ3v) is 6.53. The van der Waals surface area contributed by atoms with Crippen molar-refractivity contribution in [1.82, 2.24) is 15.1 Å². The van der Waals surface area contributed by atoms with Crippen LogP contribution in [0, 0.1) is 11.8 Å². The first kappa shape index (κ1) is 19.2. The summed E-state index contributed by atoms with van der Waals surface area (Å²) in [6.45, 7) is 2.85. The number of amides is 1. The topological polar surface area (TPSA) is 72.9 Å². The van der Waals surface area contributed by atoms with Gasteiger partial charge in [-0.15, -0.1) is 0 Å². The average molecular weight is 381 g/mol. The van der Waals surface area contributed by atoms with E-state index in [9.17, 15) is 4.79 Å². The highest BCUT2D eigenvalue weighted by atomic mass is 16.1. The number of nitrogens with two attached hydrogens (primary N) is 1. The zero-order valence-corrected chi connectivity index (χ0v) is 16.8. The Bertz CT molecular complexity index is 786. The molecule has 150 valence electrons. The molecule has 4 rings (SSSR count). The van der Waals surface area contributed by atoms with Gasteiger partial charge in [-0.05, 0) is 49.5 Å². The fraction of sp³-hybridized carbons (Fsp3) is 0.565. The minimum atomic E-state index is 0.0418. The van der Waals surface area contributed by atoms with E-state index in [-0.39, 0.29) is 11.9 Å². The summed E-state index contributed by atoms with van der Waals surface area (Å²) in [7, 11) is 0. The van der Waals surface area contributed by atoms with Crippen LogP contribution in [0.25, 0.3) is 0 Å². The fourth-order valence-electron chi connectivity index (χ4n) is 5.25. The van der Waals surface area contributed by atoms with Gasteiger partial charge in [-0.2, -0.15) is 5.10 Å². The predicted octanol–water partition coefficient (Wildman–Crippen LogP) is 3.52. The lowest BCUT2D eigenvalue weighted by Gasteiger charge is -2.45. The Morgan fingerprint density at radius 1 is 1.21 bits per heavy atom. The van der Waals surface area contributed by atoms with Gasteiger partial charge in [0.15, 0.2) is 0 Å².